The molecule has 300 valence electrons. The Morgan fingerprint density at radius 1 is 0.381 bits per heavy atom. The lowest BCUT2D eigenvalue weighted by atomic mass is 9.70. The molecule has 0 unspecified atom stereocenters. The number of aldehydes is 1. The Bertz CT molecular complexity index is 3300. The average molecular weight is 826 g/mol. The molecule has 0 saturated heterocycles. The summed E-state index contributed by atoms with van der Waals surface area (Å²) in [7, 11) is 0. The van der Waals surface area contributed by atoms with Crippen molar-refractivity contribution in [2.75, 3.05) is 4.90 Å². The van der Waals surface area contributed by atoms with E-state index in [1.54, 1.807) is 11.3 Å². The molecule has 4 aliphatic carbocycles. The first-order valence-corrected chi connectivity index (χ1v) is 22.8. The maximum atomic E-state index is 11.8. The van der Waals surface area contributed by atoms with E-state index >= 15 is 0 Å². The van der Waals surface area contributed by atoms with Crippen LogP contribution in [0.5, 0.6) is 0 Å². The molecule has 8 aromatic carbocycles. The van der Waals surface area contributed by atoms with E-state index in [0.717, 1.165) is 38.7 Å². The van der Waals surface area contributed by atoms with Crippen LogP contribution >= 0.6 is 11.3 Å². The molecule has 1 spiro atoms. The molecule has 2 nitrogen and oxygen atoms in total. The molecule has 4 aliphatic rings. The van der Waals surface area contributed by atoms with Gasteiger partial charge >= 0.3 is 0 Å². The largest absolute Gasteiger partial charge is 0.310 e. The van der Waals surface area contributed by atoms with E-state index < -0.39 is 5.41 Å². The quantitative estimate of drug-likeness (QED) is 0.161. The fraction of sp³-hybridized carbons (Fsp3) is 0.117. The first-order chi connectivity index (χ1) is 30.7. The number of anilines is 3. The second kappa shape index (κ2) is 12.8. The molecule has 0 atom stereocenters. The summed E-state index contributed by atoms with van der Waals surface area (Å²) in [6, 6.07) is 68.4. The third kappa shape index (κ3) is 4.75. The van der Waals surface area contributed by atoms with Crippen LogP contribution in [0.15, 0.2) is 182 Å². The number of nitrogens with zero attached hydrogens (tertiary/aromatic N) is 1. The van der Waals surface area contributed by atoms with Crippen LogP contribution in [0.25, 0.3) is 54.9 Å². The van der Waals surface area contributed by atoms with Crippen LogP contribution in [-0.4, -0.2) is 6.29 Å². The Morgan fingerprint density at radius 3 is 1.24 bits per heavy atom. The zero-order valence-electron chi connectivity index (χ0n) is 35.7. The van der Waals surface area contributed by atoms with Gasteiger partial charge in [-0.1, -0.05) is 155 Å². The lowest BCUT2D eigenvalue weighted by molar-refractivity contribution is 0.112. The molecule has 0 saturated carbocycles. The third-order valence-corrected chi connectivity index (χ3v) is 16.1. The van der Waals surface area contributed by atoms with Crippen molar-refractivity contribution >= 4 is 34.7 Å². The van der Waals surface area contributed by atoms with Crippen LogP contribution < -0.4 is 4.90 Å². The van der Waals surface area contributed by atoms with Gasteiger partial charge in [-0.25, -0.2) is 0 Å². The molecule has 0 radical (unpaired) electrons. The molecule has 0 aliphatic heterocycles. The molecule has 0 N–H and O–H groups in total. The van der Waals surface area contributed by atoms with Crippen molar-refractivity contribution in [3.05, 3.63) is 231 Å². The van der Waals surface area contributed by atoms with Crippen LogP contribution in [-0.2, 0) is 16.2 Å². The van der Waals surface area contributed by atoms with Gasteiger partial charge in [0.2, 0.25) is 0 Å². The first-order valence-electron chi connectivity index (χ1n) is 22.0. The molecular weight excluding hydrogens is 783 g/mol. The van der Waals surface area contributed by atoms with Crippen molar-refractivity contribution < 1.29 is 4.79 Å². The van der Waals surface area contributed by atoms with Gasteiger partial charge in [-0.3, -0.25) is 4.79 Å². The van der Waals surface area contributed by atoms with Crippen LogP contribution in [0.1, 0.15) is 81.9 Å². The molecular formula is C60H43NOS. The van der Waals surface area contributed by atoms with Gasteiger partial charge in [0.05, 0.1) is 10.3 Å². The lowest BCUT2D eigenvalue weighted by Crippen LogP contribution is -2.26. The Hall–Kier alpha value is -7.07. The Balaban J connectivity index is 1.07. The first kappa shape index (κ1) is 36.6. The fourth-order valence-electron chi connectivity index (χ4n) is 12.1. The highest BCUT2D eigenvalue weighted by atomic mass is 32.1. The minimum absolute atomic E-state index is 0.150. The minimum Gasteiger partial charge on any atom is -0.310 e. The number of carbonyl (C=O) groups is 1. The number of hydrogen-bond acceptors (Lipinski definition) is 3. The predicted octanol–water partition coefficient (Wildman–Crippen LogP) is 15.7. The van der Waals surface area contributed by atoms with Crippen LogP contribution in [0.2, 0.25) is 0 Å². The van der Waals surface area contributed by atoms with Crippen molar-refractivity contribution in [3.8, 4) is 54.9 Å². The number of benzene rings is 8. The summed E-state index contributed by atoms with van der Waals surface area (Å²) >= 11 is 1.55. The summed E-state index contributed by atoms with van der Waals surface area (Å²) in [6.07, 6.45) is 0.956. The van der Waals surface area contributed by atoms with Crippen LogP contribution in [0.3, 0.4) is 0 Å². The lowest BCUT2D eigenvalue weighted by Gasteiger charge is -2.33. The van der Waals surface area contributed by atoms with Gasteiger partial charge in [0.25, 0.3) is 0 Å². The number of thiophene rings is 1. The Labute approximate surface area is 372 Å². The van der Waals surface area contributed by atoms with Crippen molar-refractivity contribution in [3.63, 3.8) is 0 Å². The molecule has 3 heteroatoms. The molecule has 13 rings (SSSR count). The maximum absolute atomic E-state index is 11.8. The summed E-state index contributed by atoms with van der Waals surface area (Å²) < 4.78 is 0. The van der Waals surface area contributed by atoms with Gasteiger partial charge in [0.15, 0.2) is 6.29 Å². The Kier molecular flexibility index (Phi) is 7.40. The molecule has 9 aromatic rings. The molecule has 1 aromatic heterocycles. The van der Waals surface area contributed by atoms with Crippen LogP contribution in [0.4, 0.5) is 17.1 Å². The summed E-state index contributed by atoms with van der Waals surface area (Å²) in [4.78, 5) is 16.2. The number of carbonyl (C=O) groups excluding carboxylic acids is 1. The highest BCUT2D eigenvalue weighted by molar-refractivity contribution is 7.17. The number of rotatable bonds is 5. The fourth-order valence-corrected chi connectivity index (χ4v) is 12.9. The maximum Gasteiger partial charge on any atom is 0.160 e. The minimum atomic E-state index is -0.552. The Morgan fingerprint density at radius 2 is 0.762 bits per heavy atom. The normalized spacial score (nSPS) is 15.4. The smallest absolute Gasteiger partial charge is 0.160 e. The molecule has 63 heavy (non-hydrogen) atoms. The van der Waals surface area contributed by atoms with Gasteiger partial charge in [-0.05, 0) is 149 Å². The van der Waals surface area contributed by atoms with Crippen molar-refractivity contribution in [1.82, 2.24) is 0 Å². The van der Waals surface area contributed by atoms with E-state index in [1.165, 1.54) is 89.0 Å². The summed E-state index contributed by atoms with van der Waals surface area (Å²) in [6.45, 7) is 9.49. The molecule has 0 amide bonds. The summed E-state index contributed by atoms with van der Waals surface area (Å²) in [5.41, 5.74) is 24.7. The zero-order valence-corrected chi connectivity index (χ0v) is 36.5. The van der Waals surface area contributed by atoms with E-state index in [1.807, 2.05) is 6.07 Å². The second-order valence-corrected chi connectivity index (χ2v) is 19.9. The zero-order chi connectivity index (χ0) is 42.4. The standard InChI is InChI=1S/C60H43NOS/c1-58(2)49-17-9-5-13-41(49)45-27-22-37(32-53(45)58)61(38-23-28-46-42-14-6-10-18-50(42)59(3,4)54(46)33-38)39-24-29-48-47-26-21-36(57-30-25-40(35-62)63-57)31-55(47)60(56(48)34-39)51-19-11-7-15-43(51)44-16-8-12-20-52(44)60/h5-35H,1-4H3. The summed E-state index contributed by atoms with van der Waals surface area (Å²) in [5.74, 6) is 0. The topological polar surface area (TPSA) is 20.3 Å². The van der Waals surface area contributed by atoms with Gasteiger partial charge in [0.1, 0.15) is 0 Å². The van der Waals surface area contributed by atoms with E-state index in [9.17, 15) is 4.79 Å². The second-order valence-electron chi connectivity index (χ2n) is 18.8. The molecule has 0 fully saturated rings. The van der Waals surface area contributed by atoms with Gasteiger partial charge < -0.3 is 4.90 Å². The number of fused-ring (bicyclic) bond motifs is 16. The van der Waals surface area contributed by atoms with Gasteiger partial charge in [-0.2, -0.15) is 0 Å². The monoisotopic (exact) mass is 825 g/mol. The van der Waals surface area contributed by atoms with Crippen molar-refractivity contribution in [2.45, 2.75) is 43.9 Å². The van der Waals surface area contributed by atoms with Gasteiger partial charge in [-0.15, -0.1) is 11.3 Å². The highest BCUT2D eigenvalue weighted by Crippen LogP contribution is 2.64. The van der Waals surface area contributed by atoms with E-state index in [-0.39, 0.29) is 10.8 Å². The van der Waals surface area contributed by atoms with Crippen LogP contribution in [0, 0.1) is 0 Å². The van der Waals surface area contributed by atoms with E-state index in [2.05, 4.69) is 209 Å². The summed E-state index contributed by atoms with van der Waals surface area (Å²) in [5, 5.41) is 0. The third-order valence-electron chi connectivity index (χ3n) is 15.0. The average Bonchev–Trinajstić information content (AvgIpc) is 4.10. The van der Waals surface area contributed by atoms with E-state index in [4.69, 9.17) is 0 Å². The van der Waals surface area contributed by atoms with Crippen molar-refractivity contribution in [2.24, 2.45) is 0 Å². The molecule has 0 bridgehead atoms. The van der Waals surface area contributed by atoms with E-state index in [0.29, 0.717) is 0 Å². The van der Waals surface area contributed by atoms with Crippen molar-refractivity contribution in [1.29, 1.82) is 0 Å². The molecule has 1 heterocycles. The van der Waals surface area contributed by atoms with Gasteiger partial charge in [0, 0.05) is 32.8 Å². The highest BCUT2D eigenvalue weighted by Gasteiger charge is 2.52. The SMILES string of the molecule is CC1(C)c2ccccc2-c2ccc(N(c3ccc4c(c3)C(C)(C)c3ccccc3-4)c3ccc4c(c3)C3(c5ccccc5-c5ccccc53)c3cc(-c5ccc(C=O)s5)ccc3-4)cc21. The predicted molar refractivity (Wildman–Crippen MR) is 261 cm³/mol. The number of hydrogen-bond donors (Lipinski definition) is 0.